The SMILES string of the molecule is CCP(=O)(OC(C)SC(=O)CCl)c1cc(Oc2ccc(C(F)(F)F)cc2Cl)ccc1[N+](=O)[O-]. The number of rotatable bonds is 9. The number of benzene rings is 2. The molecule has 180 valence electrons. The highest BCUT2D eigenvalue weighted by Gasteiger charge is 2.35. The average Bonchev–Trinajstić information content (AvgIpc) is 2.73. The largest absolute Gasteiger partial charge is 0.456 e. The summed E-state index contributed by atoms with van der Waals surface area (Å²) in [4.78, 5) is 22.3. The van der Waals surface area contributed by atoms with Crippen LogP contribution in [0.4, 0.5) is 18.9 Å². The number of hydrogen-bond donors (Lipinski definition) is 0. The summed E-state index contributed by atoms with van der Waals surface area (Å²) in [6, 6.07) is 5.77. The Bertz CT molecular complexity index is 1100. The first kappa shape index (κ1) is 27.5. The number of halogens is 5. The molecule has 14 heteroatoms. The fourth-order valence-electron chi connectivity index (χ4n) is 2.66. The summed E-state index contributed by atoms with van der Waals surface area (Å²) in [5.41, 5.74) is -2.41. The van der Waals surface area contributed by atoms with Crippen molar-refractivity contribution in [2.45, 2.75) is 25.5 Å². The highest BCUT2D eigenvalue weighted by atomic mass is 35.5. The fourth-order valence-corrected chi connectivity index (χ4v) is 6.00. The Hall–Kier alpha value is -1.78. The lowest BCUT2D eigenvalue weighted by Crippen LogP contribution is -2.18. The number of hydrogen-bond acceptors (Lipinski definition) is 7. The zero-order valence-electron chi connectivity index (χ0n) is 17.1. The van der Waals surface area contributed by atoms with Gasteiger partial charge >= 0.3 is 6.18 Å². The van der Waals surface area contributed by atoms with Gasteiger partial charge in [0.1, 0.15) is 22.2 Å². The number of carbonyl (C=O) groups is 1. The summed E-state index contributed by atoms with van der Waals surface area (Å²) >= 11 is 12.0. The van der Waals surface area contributed by atoms with Crippen molar-refractivity contribution in [2.24, 2.45) is 0 Å². The van der Waals surface area contributed by atoms with Gasteiger partial charge in [-0.1, -0.05) is 30.3 Å². The molecule has 0 radical (unpaired) electrons. The van der Waals surface area contributed by atoms with Crippen LogP contribution in [0.25, 0.3) is 0 Å². The van der Waals surface area contributed by atoms with Gasteiger partial charge in [-0.25, -0.2) is 0 Å². The van der Waals surface area contributed by atoms with Crippen LogP contribution in [-0.4, -0.2) is 27.5 Å². The molecular weight excluding hydrogens is 529 g/mol. The molecule has 0 N–H and O–H groups in total. The first-order valence-corrected chi connectivity index (χ1v) is 12.8. The number of thioether (sulfide) groups is 1. The quantitative estimate of drug-likeness (QED) is 0.112. The van der Waals surface area contributed by atoms with E-state index in [-0.39, 0.29) is 33.9 Å². The molecule has 2 aromatic rings. The monoisotopic (exact) mass is 545 g/mol. The summed E-state index contributed by atoms with van der Waals surface area (Å²) < 4.78 is 63.1. The van der Waals surface area contributed by atoms with Crippen LogP contribution in [-0.2, 0) is 20.1 Å². The molecule has 0 aliphatic heterocycles. The second-order valence-electron chi connectivity index (χ2n) is 6.44. The molecule has 2 aromatic carbocycles. The van der Waals surface area contributed by atoms with Gasteiger partial charge in [0, 0.05) is 18.3 Å². The molecule has 0 aliphatic carbocycles. The van der Waals surface area contributed by atoms with Crippen molar-refractivity contribution in [3.05, 3.63) is 57.1 Å². The Morgan fingerprint density at radius 2 is 1.94 bits per heavy atom. The van der Waals surface area contributed by atoms with E-state index in [0.717, 1.165) is 24.3 Å². The first-order chi connectivity index (χ1) is 15.3. The predicted octanol–water partition coefficient (Wildman–Crippen LogP) is 6.84. The normalized spacial score (nSPS) is 14.4. The lowest BCUT2D eigenvalue weighted by Gasteiger charge is -2.21. The van der Waals surface area contributed by atoms with Crippen molar-refractivity contribution in [1.82, 2.24) is 0 Å². The number of ether oxygens (including phenoxy) is 1. The lowest BCUT2D eigenvalue weighted by atomic mass is 10.2. The van der Waals surface area contributed by atoms with Crippen molar-refractivity contribution in [3.8, 4) is 11.5 Å². The van der Waals surface area contributed by atoms with Crippen molar-refractivity contribution < 1.29 is 36.7 Å². The van der Waals surface area contributed by atoms with Crippen LogP contribution in [0.3, 0.4) is 0 Å². The van der Waals surface area contributed by atoms with E-state index < -0.39 is 40.3 Å². The Morgan fingerprint density at radius 1 is 1.27 bits per heavy atom. The molecule has 0 saturated heterocycles. The molecule has 33 heavy (non-hydrogen) atoms. The highest BCUT2D eigenvalue weighted by Crippen LogP contribution is 2.51. The molecule has 2 atom stereocenters. The first-order valence-electron chi connectivity index (χ1n) is 9.17. The second-order valence-corrected chi connectivity index (χ2v) is 11.1. The topological polar surface area (TPSA) is 95.7 Å². The molecule has 0 saturated carbocycles. The molecule has 2 rings (SSSR count). The van der Waals surface area contributed by atoms with Crippen LogP contribution in [0.5, 0.6) is 11.5 Å². The van der Waals surface area contributed by atoms with Crippen molar-refractivity contribution in [1.29, 1.82) is 0 Å². The van der Waals surface area contributed by atoms with Crippen LogP contribution in [0.15, 0.2) is 36.4 Å². The Balaban J connectivity index is 2.44. The number of nitro benzene ring substituents is 1. The summed E-state index contributed by atoms with van der Waals surface area (Å²) in [7, 11) is -3.86. The van der Waals surface area contributed by atoms with E-state index in [2.05, 4.69) is 0 Å². The van der Waals surface area contributed by atoms with Gasteiger partial charge in [-0.05, 0) is 31.2 Å². The third-order valence-electron chi connectivity index (χ3n) is 4.14. The number of alkyl halides is 4. The van der Waals surface area contributed by atoms with Gasteiger partial charge in [-0.3, -0.25) is 19.5 Å². The smallest absolute Gasteiger partial charge is 0.416 e. The van der Waals surface area contributed by atoms with Crippen LogP contribution >= 0.6 is 42.3 Å². The zero-order valence-corrected chi connectivity index (χ0v) is 20.3. The van der Waals surface area contributed by atoms with E-state index in [1.807, 2.05) is 0 Å². The van der Waals surface area contributed by atoms with Crippen LogP contribution in [0.2, 0.25) is 5.02 Å². The average molecular weight is 546 g/mol. The van der Waals surface area contributed by atoms with E-state index in [1.165, 1.54) is 19.9 Å². The fraction of sp³-hybridized carbons (Fsp3) is 0.316. The van der Waals surface area contributed by atoms with E-state index >= 15 is 0 Å². The van der Waals surface area contributed by atoms with Crippen molar-refractivity contribution in [2.75, 3.05) is 12.0 Å². The minimum atomic E-state index is -4.60. The van der Waals surface area contributed by atoms with E-state index in [4.69, 9.17) is 32.5 Å². The number of carbonyl (C=O) groups excluding carboxylic acids is 1. The van der Waals surface area contributed by atoms with Gasteiger partial charge in [-0.2, -0.15) is 13.2 Å². The molecule has 2 unspecified atom stereocenters. The molecule has 0 heterocycles. The highest BCUT2D eigenvalue weighted by molar-refractivity contribution is 8.14. The maximum atomic E-state index is 13.5. The Labute approximate surface area is 201 Å². The molecule has 0 bridgehead atoms. The molecule has 0 amide bonds. The van der Waals surface area contributed by atoms with Gasteiger partial charge in [0.25, 0.3) is 5.69 Å². The zero-order chi connectivity index (χ0) is 25.0. The van der Waals surface area contributed by atoms with Crippen LogP contribution < -0.4 is 10.0 Å². The van der Waals surface area contributed by atoms with E-state index in [0.29, 0.717) is 17.8 Å². The number of nitro groups is 1. The minimum absolute atomic E-state index is 0.0633. The molecule has 0 fully saturated rings. The van der Waals surface area contributed by atoms with Crippen LogP contribution in [0.1, 0.15) is 19.4 Å². The van der Waals surface area contributed by atoms with Gasteiger partial charge < -0.3 is 9.26 Å². The van der Waals surface area contributed by atoms with Gasteiger partial charge in [0.15, 0.2) is 0 Å². The third-order valence-corrected chi connectivity index (χ3v) is 8.40. The Kier molecular flexibility index (Phi) is 9.24. The minimum Gasteiger partial charge on any atom is -0.456 e. The van der Waals surface area contributed by atoms with Gasteiger partial charge in [-0.15, -0.1) is 11.6 Å². The van der Waals surface area contributed by atoms with Crippen molar-refractivity contribution in [3.63, 3.8) is 0 Å². The second kappa shape index (κ2) is 11.1. The molecule has 0 aliphatic rings. The van der Waals surface area contributed by atoms with E-state index in [1.54, 1.807) is 0 Å². The third kappa shape index (κ3) is 7.10. The van der Waals surface area contributed by atoms with Gasteiger partial charge in [0.05, 0.1) is 21.4 Å². The van der Waals surface area contributed by atoms with Gasteiger partial charge in [0.2, 0.25) is 12.5 Å². The number of nitrogens with zero attached hydrogens (tertiary/aromatic N) is 1. The molecule has 0 aromatic heterocycles. The Morgan fingerprint density at radius 3 is 2.45 bits per heavy atom. The summed E-state index contributed by atoms with van der Waals surface area (Å²) in [6.45, 7) is 2.94. The molecule has 7 nitrogen and oxygen atoms in total. The molecular formula is C19H17Cl2F3NO6PS. The summed E-state index contributed by atoms with van der Waals surface area (Å²) in [6.07, 6.45) is -4.74. The summed E-state index contributed by atoms with van der Waals surface area (Å²) in [5, 5.41) is 10.5. The lowest BCUT2D eigenvalue weighted by molar-refractivity contribution is -0.383. The van der Waals surface area contributed by atoms with Crippen LogP contribution in [0, 0.1) is 10.1 Å². The van der Waals surface area contributed by atoms with Crippen molar-refractivity contribution >= 4 is 58.4 Å². The summed E-state index contributed by atoms with van der Waals surface area (Å²) in [5.74, 6) is -0.508. The standard InChI is InChI=1S/C19H17Cl2F3NO6PS/c1-3-32(29,31-11(2)33-18(26)10-20)17-9-13(5-6-15(17)25(27)28)30-16-7-4-12(8-14(16)21)19(22,23)24/h4-9,11H,3,10H2,1-2H3. The van der Waals surface area contributed by atoms with E-state index in [9.17, 15) is 32.6 Å². The molecule has 0 spiro atoms. The maximum absolute atomic E-state index is 13.5. The maximum Gasteiger partial charge on any atom is 0.416 e. The predicted molar refractivity (Wildman–Crippen MR) is 121 cm³/mol.